The predicted molar refractivity (Wildman–Crippen MR) is 73.2 cm³/mol. The molecule has 2 aromatic rings. The third-order valence-corrected chi connectivity index (χ3v) is 3.49. The van der Waals surface area contributed by atoms with Crippen LogP contribution >= 0.6 is 11.8 Å². The lowest BCUT2D eigenvalue weighted by Crippen LogP contribution is -2.04. The van der Waals surface area contributed by atoms with E-state index in [1.165, 1.54) is 11.8 Å². The standard InChI is InChI=1S/C13H14N2O3S/c1-9-7-14-13(19-8-12(16)17)15(9)10-5-3-4-6-11(10)18-2/h3-7H,8H2,1-2H3,(H,16,17). The van der Waals surface area contributed by atoms with Crippen molar-refractivity contribution in [2.24, 2.45) is 0 Å². The Hall–Kier alpha value is -1.95. The van der Waals surface area contributed by atoms with E-state index < -0.39 is 5.97 Å². The van der Waals surface area contributed by atoms with Gasteiger partial charge in [-0.2, -0.15) is 0 Å². The van der Waals surface area contributed by atoms with E-state index in [0.717, 1.165) is 17.1 Å². The van der Waals surface area contributed by atoms with Crippen LogP contribution in [0.3, 0.4) is 0 Å². The van der Waals surface area contributed by atoms with E-state index >= 15 is 0 Å². The highest BCUT2D eigenvalue weighted by molar-refractivity contribution is 7.99. The van der Waals surface area contributed by atoms with Gasteiger partial charge in [-0.25, -0.2) is 4.98 Å². The van der Waals surface area contributed by atoms with Crippen molar-refractivity contribution in [1.82, 2.24) is 9.55 Å². The molecule has 1 heterocycles. The molecule has 0 bridgehead atoms. The van der Waals surface area contributed by atoms with E-state index in [0.29, 0.717) is 5.16 Å². The number of carbonyl (C=O) groups is 1. The van der Waals surface area contributed by atoms with Gasteiger partial charge in [0.15, 0.2) is 5.16 Å². The van der Waals surface area contributed by atoms with E-state index in [1.54, 1.807) is 13.3 Å². The van der Waals surface area contributed by atoms with Gasteiger partial charge in [0.25, 0.3) is 0 Å². The summed E-state index contributed by atoms with van der Waals surface area (Å²) in [6.07, 6.45) is 1.72. The van der Waals surface area contributed by atoms with Crippen molar-refractivity contribution in [1.29, 1.82) is 0 Å². The van der Waals surface area contributed by atoms with Gasteiger partial charge in [0, 0.05) is 11.9 Å². The molecule has 0 amide bonds. The monoisotopic (exact) mass is 278 g/mol. The molecule has 19 heavy (non-hydrogen) atoms. The van der Waals surface area contributed by atoms with E-state index in [-0.39, 0.29) is 5.75 Å². The first kappa shape index (κ1) is 13.5. The maximum absolute atomic E-state index is 10.7. The molecule has 100 valence electrons. The van der Waals surface area contributed by atoms with Gasteiger partial charge >= 0.3 is 5.97 Å². The molecule has 0 radical (unpaired) electrons. The van der Waals surface area contributed by atoms with Crippen LogP contribution in [0.25, 0.3) is 5.69 Å². The first-order valence-electron chi connectivity index (χ1n) is 5.66. The van der Waals surface area contributed by atoms with Crippen LogP contribution in [0.5, 0.6) is 5.75 Å². The summed E-state index contributed by atoms with van der Waals surface area (Å²) in [6, 6.07) is 7.57. The van der Waals surface area contributed by atoms with Crippen LogP contribution < -0.4 is 4.74 Å². The van der Waals surface area contributed by atoms with Gasteiger partial charge < -0.3 is 9.84 Å². The number of para-hydroxylation sites is 2. The highest BCUT2D eigenvalue weighted by Gasteiger charge is 2.14. The summed E-state index contributed by atoms with van der Waals surface area (Å²) >= 11 is 1.19. The molecule has 0 aliphatic heterocycles. The maximum atomic E-state index is 10.7. The molecule has 0 fully saturated rings. The van der Waals surface area contributed by atoms with Gasteiger partial charge in [-0.05, 0) is 19.1 Å². The number of carboxylic acids is 1. The smallest absolute Gasteiger partial charge is 0.313 e. The summed E-state index contributed by atoms with van der Waals surface area (Å²) < 4.78 is 7.23. The largest absolute Gasteiger partial charge is 0.495 e. The van der Waals surface area contributed by atoms with E-state index in [4.69, 9.17) is 9.84 Å². The first-order valence-corrected chi connectivity index (χ1v) is 6.64. The van der Waals surface area contributed by atoms with Crippen LogP contribution in [-0.4, -0.2) is 33.5 Å². The number of nitrogens with zero attached hydrogens (tertiary/aromatic N) is 2. The number of carboxylic acid groups (broad SMARTS) is 1. The number of aromatic nitrogens is 2. The number of aliphatic carboxylic acids is 1. The SMILES string of the molecule is COc1ccccc1-n1c(C)cnc1SCC(=O)O. The summed E-state index contributed by atoms with van der Waals surface area (Å²) in [5.41, 5.74) is 1.78. The minimum atomic E-state index is -0.864. The molecule has 0 atom stereocenters. The zero-order valence-corrected chi connectivity index (χ0v) is 11.5. The number of ether oxygens (including phenoxy) is 1. The quantitative estimate of drug-likeness (QED) is 0.851. The normalized spacial score (nSPS) is 10.4. The van der Waals surface area contributed by atoms with Crippen LogP contribution in [0.2, 0.25) is 0 Å². The number of benzene rings is 1. The van der Waals surface area contributed by atoms with Crippen molar-refractivity contribution in [2.45, 2.75) is 12.1 Å². The lowest BCUT2D eigenvalue weighted by Gasteiger charge is -2.13. The number of imidazole rings is 1. The maximum Gasteiger partial charge on any atom is 0.313 e. The van der Waals surface area contributed by atoms with Crippen molar-refractivity contribution in [3.05, 3.63) is 36.2 Å². The Kier molecular flexibility index (Phi) is 4.11. The third kappa shape index (κ3) is 2.90. The van der Waals surface area contributed by atoms with E-state index in [9.17, 15) is 4.79 Å². The average molecular weight is 278 g/mol. The van der Waals surface area contributed by atoms with Crippen LogP contribution in [0, 0.1) is 6.92 Å². The van der Waals surface area contributed by atoms with Crippen molar-refractivity contribution in [3.63, 3.8) is 0 Å². The summed E-state index contributed by atoms with van der Waals surface area (Å²) in [5, 5.41) is 9.40. The Labute approximate surface area is 115 Å². The highest BCUT2D eigenvalue weighted by Crippen LogP contribution is 2.28. The molecular weight excluding hydrogens is 264 g/mol. The Morgan fingerprint density at radius 2 is 2.21 bits per heavy atom. The second kappa shape index (κ2) is 5.79. The lowest BCUT2D eigenvalue weighted by molar-refractivity contribution is -0.133. The number of thioether (sulfide) groups is 1. The van der Waals surface area contributed by atoms with Crippen molar-refractivity contribution >= 4 is 17.7 Å². The second-order valence-electron chi connectivity index (χ2n) is 3.87. The van der Waals surface area contributed by atoms with E-state index in [1.807, 2.05) is 35.8 Å². The minimum absolute atomic E-state index is 0.0222. The molecule has 1 aromatic heterocycles. The fourth-order valence-electron chi connectivity index (χ4n) is 1.75. The van der Waals surface area contributed by atoms with Gasteiger partial charge in [0.1, 0.15) is 5.75 Å². The fraction of sp³-hybridized carbons (Fsp3) is 0.231. The summed E-state index contributed by atoms with van der Waals surface area (Å²) in [5.74, 6) is -0.163. The Bertz CT molecular complexity index is 595. The molecule has 0 saturated heterocycles. The number of methoxy groups -OCH3 is 1. The van der Waals surface area contributed by atoms with Crippen LogP contribution in [0.15, 0.2) is 35.6 Å². The van der Waals surface area contributed by atoms with Gasteiger partial charge in [0.05, 0.1) is 18.6 Å². The summed E-state index contributed by atoms with van der Waals surface area (Å²) in [6.45, 7) is 1.92. The number of rotatable bonds is 5. The lowest BCUT2D eigenvalue weighted by atomic mass is 10.3. The Morgan fingerprint density at radius 1 is 1.47 bits per heavy atom. The highest BCUT2D eigenvalue weighted by atomic mass is 32.2. The number of hydrogen-bond donors (Lipinski definition) is 1. The molecule has 1 N–H and O–H groups in total. The zero-order valence-electron chi connectivity index (χ0n) is 10.7. The third-order valence-electron chi connectivity index (χ3n) is 2.56. The molecule has 1 aromatic carbocycles. The zero-order chi connectivity index (χ0) is 13.8. The van der Waals surface area contributed by atoms with Crippen molar-refractivity contribution < 1.29 is 14.6 Å². The number of aryl methyl sites for hydroxylation is 1. The summed E-state index contributed by atoms with van der Waals surface area (Å²) in [7, 11) is 1.61. The van der Waals surface area contributed by atoms with Gasteiger partial charge in [-0.1, -0.05) is 23.9 Å². The van der Waals surface area contributed by atoms with Crippen LogP contribution in [0.4, 0.5) is 0 Å². The van der Waals surface area contributed by atoms with Crippen molar-refractivity contribution in [3.8, 4) is 11.4 Å². The van der Waals surface area contributed by atoms with Crippen molar-refractivity contribution in [2.75, 3.05) is 12.9 Å². The van der Waals surface area contributed by atoms with E-state index in [2.05, 4.69) is 4.98 Å². The Balaban J connectivity index is 2.43. The molecule has 0 spiro atoms. The fourth-order valence-corrected chi connectivity index (χ4v) is 2.50. The molecule has 6 heteroatoms. The molecule has 0 unspecified atom stereocenters. The molecular formula is C13H14N2O3S. The second-order valence-corrected chi connectivity index (χ2v) is 4.81. The molecule has 0 saturated carbocycles. The van der Waals surface area contributed by atoms with Crippen LogP contribution in [0.1, 0.15) is 5.69 Å². The Morgan fingerprint density at radius 3 is 2.89 bits per heavy atom. The number of hydrogen-bond acceptors (Lipinski definition) is 4. The van der Waals surface area contributed by atoms with Gasteiger partial charge in [-0.15, -0.1) is 0 Å². The predicted octanol–water partition coefficient (Wildman–Crippen LogP) is 2.37. The van der Waals surface area contributed by atoms with Gasteiger partial charge in [-0.3, -0.25) is 9.36 Å². The summed E-state index contributed by atoms with van der Waals surface area (Å²) in [4.78, 5) is 14.9. The molecule has 5 nitrogen and oxygen atoms in total. The van der Waals surface area contributed by atoms with Crippen LogP contribution in [-0.2, 0) is 4.79 Å². The topological polar surface area (TPSA) is 64.4 Å². The molecule has 0 aliphatic rings. The van der Waals surface area contributed by atoms with Gasteiger partial charge in [0.2, 0.25) is 0 Å². The average Bonchev–Trinajstić information content (AvgIpc) is 2.77. The first-order chi connectivity index (χ1) is 9.13. The molecule has 0 aliphatic carbocycles. The molecule has 2 rings (SSSR count). The minimum Gasteiger partial charge on any atom is -0.495 e.